The number of nitrogens with zero attached hydrogens (tertiary/aromatic N) is 1. The summed E-state index contributed by atoms with van der Waals surface area (Å²) in [6, 6.07) is 0. The highest BCUT2D eigenvalue weighted by atomic mass is 35.5. The average molecular weight is 218 g/mol. The van der Waals surface area contributed by atoms with Crippen molar-refractivity contribution in [1.29, 1.82) is 0 Å². The molecule has 0 bridgehead atoms. The Morgan fingerprint density at radius 3 is 2.36 bits per heavy atom. The summed E-state index contributed by atoms with van der Waals surface area (Å²) in [6.45, 7) is 5.82. The van der Waals surface area contributed by atoms with Crippen molar-refractivity contribution in [3.8, 4) is 0 Å². The van der Waals surface area contributed by atoms with E-state index in [1.54, 1.807) is 0 Å². The molecule has 0 spiro atoms. The molecule has 1 aliphatic heterocycles. The van der Waals surface area contributed by atoms with Crippen LogP contribution in [0.25, 0.3) is 0 Å². The van der Waals surface area contributed by atoms with E-state index < -0.39 is 5.41 Å². The number of ketones is 1. The lowest BCUT2D eigenvalue weighted by molar-refractivity contribution is -0.122. The summed E-state index contributed by atoms with van der Waals surface area (Å²) in [4.78, 5) is 24.2. The smallest absolute Gasteiger partial charge is 0.228 e. The maximum Gasteiger partial charge on any atom is 0.228 e. The SMILES string of the molecule is CC(C)(CN1CCC(=O)CC1)C(=O)Cl. The van der Waals surface area contributed by atoms with E-state index in [2.05, 4.69) is 4.90 Å². The Morgan fingerprint density at radius 2 is 1.93 bits per heavy atom. The molecule has 14 heavy (non-hydrogen) atoms. The van der Waals surface area contributed by atoms with Gasteiger partial charge < -0.3 is 4.90 Å². The van der Waals surface area contributed by atoms with Crippen molar-refractivity contribution in [3.63, 3.8) is 0 Å². The number of Topliss-reactive ketones (excluding diaryl/α,β-unsaturated/α-hetero) is 1. The quantitative estimate of drug-likeness (QED) is 0.672. The summed E-state index contributed by atoms with van der Waals surface area (Å²) in [5, 5.41) is -0.311. The van der Waals surface area contributed by atoms with Gasteiger partial charge in [0, 0.05) is 32.5 Å². The van der Waals surface area contributed by atoms with Crippen LogP contribution in [0.1, 0.15) is 26.7 Å². The first-order valence-corrected chi connectivity index (χ1v) is 5.23. The highest BCUT2D eigenvalue weighted by Gasteiger charge is 2.29. The summed E-state index contributed by atoms with van der Waals surface area (Å²) in [6.07, 6.45) is 1.21. The fourth-order valence-corrected chi connectivity index (χ4v) is 1.64. The predicted octanol–water partition coefficient (Wildman–Crippen LogP) is 1.44. The van der Waals surface area contributed by atoms with E-state index in [9.17, 15) is 9.59 Å². The number of rotatable bonds is 3. The third-order valence-corrected chi connectivity index (χ3v) is 3.08. The van der Waals surface area contributed by atoms with Crippen LogP contribution in [-0.4, -0.2) is 35.6 Å². The van der Waals surface area contributed by atoms with Gasteiger partial charge in [-0.05, 0) is 11.6 Å². The molecule has 1 fully saturated rings. The van der Waals surface area contributed by atoms with Gasteiger partial charge in [0.1, 0.15) is 5.78 Å². The van der Waals surface area contributed by atoms with Gasteiger partial charge in [-0.2, -0.15) is 0 Å². The number of carbonyl (C=O) groups excluding carboxylic acids is 2. The van der Waals surface area contributed by atoms with Crippen molar-refractivity contribution in [2.45, 2.75) is 26.7 Å². The summed E-state index contributed by atoms with van der Waals surface area (Å²) in [5.41, 5.74) is -0.512. The van der Waals surface area contributed by atoms with Crippen LogP contribution in [0.4, 0.5) is 0 Å². The van der Waals surface area contributed by atoms with Gasteiger partial charge in [-0.25, -0.2) is 0 Å². The van der Waals surface area contributed by atoms with Gasteiger partial charge >= 0.3 is 0 Å². The third-order valence-electron chi connectivity index (χ3n) is 2.56. The van der Waals surface area contributed by atoms with E-state index in [4.69, 9.17) is 11.6 Å². The Kier molecular flexibility index (Phi) is 3.67. The Morgan fingerprint density at radius 1 is 1.43 bits per heavy atom. The topological polar surface area (TPSA) is 37.4 Å². The van der Waals surface area contributed by atoms with Crippen molar-refractivity contribution in [3.05, 3.63) is 0 Å². The van der Waals surface area contributed by atoms with Gasteiger partial charge in [0.05, 0.1) is 5.41 Å². The minimum atomic E-state index is -0.512. The molecule has 1 aliphatic rings. The standard InChI is InChI=1S/C10H16ClNO2/c1-10(2,9(11)14)7-12-5-3-8(13)4-6-12/h3-7H2,1-2H3. The van der Waals surface area contributed by atoms with Gasteiger partial charge in [-0.15, -0.1) is 0 Å². The Labute approximate surface area is 89.4 Å². The van der Waals surface area contributed by atoms with E-state index in [-0.39, 0.29) is 5.24 Å². The molecule has 4 heteroatoms. The van der Waals surface area contributed by atoms with Crippen LogP contribution in [0.15, 0.2) is 0 Å². The Balaban J connectivity index is 2.45. The van der Waals surface area contributed by atoms with Crippen LogP contribution in [0.2, 0.25) is 0 Å². The first kappa shape index (κ1) is 11.7. The molecule has 0 aromatic heterocycles. The first-order chi connectivity index (χ1) is 6.42. The van der Waals surface area contributed by atoms with Crippen LogP contribution in [0.3, 0.4) is 0 Å². The fraction of sp³-hybridized carbons (Fsp3) is 0.800. The number of halogens is 1. The van der Waals surface area contributed by atoms with Gasteiger partial charge in [0.15, 0.2) is 0 Å². The highest BCUT2D eigenvalue weighted by molar-refractivity contribution is 6.64. The fourth-order valence-electron chi connectivity index (χ4n) is 1.58. The predicted molar refractivity (Wildman–Crippen MR) is 55.3 cm³/mol. The molecule has 0 aromatic rings. The minimum absolute atomic E-state index is 0.311. The maximum absolute atomic E-state index is 11.1. The highest BCUT2D eigenvalue weighted by Crippen LogP contribution is 2.22. The molecule has 0 amide bonds. The molecule has 0 N–H and O–H groups in total. The Bertz CT molecular complexity index is 241. The lowest BCUT2D eigenvalue weighted by atomic mass is 9.93. The summed E-state index contributed by atoms with van der Waals surface area (Å²) in [5.74, 6) is 0.316. The molecular weight excluding hydrogens is 202 g/mol. The summed E-state index contributed by atoms with van der Waals surface area (Å²) >= 11 is 5.48. The molecule has 1 saturated heterocycles. The number of piperidine rings is 1. The van der Waals surface area contributed by atoms with Gasteiger partial charge in [-0.1, -0.05) is 13.8 Å². The van der Waals surface area contributed by atoms with E-state index in [1.807, 2.05) is 13.8 Å². The molecule has 0 unspecified atom stereocenters. The van der Waals surface area contributed by atoms with Crippen LogP contribution in [0.5, 0.6) is 0 Å². The van der Waals surface area contributed by atoms with E-state index in [1.165, 1.54) is 0 Å². The van der Waals surface area contributed by atoms with Crippen molar-refractivity contribution < 1.29 is 9.59 Å². The van der Waals surface area contributed by atoms with Gasteiger partial charge in [-0.3, -0.25) is 9.59 Å². The molecule has 0 saturated carbocycles. The molecule has 1 rings (SSSR count). The zero-order chi connectivity index (χ0) is 10.8. The molecule has 1 heterocycles. The molecule has 0 aliphatic carbocycles. The number of likely N-dealkylation sites (tertiary alicyclic amines) is 1. The molecule has 0 radical (unpaired) electrons. The lowest BCUT2D eigenvalue weighted by Crippen LogP contribution is -2.42. The molecular formula is C10H16ClNO2. The summed E-state index contributed by atoms with van der Waals surface area (Å²) < 4.78 is 0. The molecule has 0 aromatic carbocycles. The van der Waals surface area contributed by atoms with Gasteiger partial charge in [0.25, 0.3) is 0 Å². The summed E-state index contributed by atoms with van der Waals surface area (Å²) in [7, 11) is 0. The van der Waals surface area contributed by atoms with Gasteiger partial charge in [0.2, 0.25) is 5.24 Å². The monoisotopic (exact) mass is 217 g/mol. The number of hydrogen-bond acceptors (Lipinski definition) is 3. The molecule has 80 valence electrons. The van der Waals surface area contributed by atoms with Crippen LogP contribution in [-0.2, 0) is 9.59 Å². The second-order valence-electron chi connectivity index (χ2n) is 4.47. The van der Waals surface area contributed by atoms with E-state index in [0.29, 0.717) is 25.2 Å². The zero-order valence-corrected chi connectivity index (χ0v) is 9.43. The van der Waals surface area contributed by atoms with Crippen LogP contribution < -0.4 is 0 Å². The van der Waals surface area contributed by atoms with E-state index in [0.717, 1.165) is 13.1 Å². The van der Waals surface area contributed by atoms with Crippen molar-refractivity contribution >= 4 is 22.6 Å². The van der Waals surface area contributed by atoms with Crippen molar-refractivity contribution in [2.75, 3.05) is 19.6 Å². The lowest BCUT2D eigenvalue weighted by Gasteiger charge is -2.32. The normalized spacial score (nSPS) is 19.8. The van der Waals surface area contributed by atoms with Crippen molar-refractivity contribution in [1.82, 2.24) is 4.90 Å². The maximum atomic E-state index is 11.1. The first-order valence-electron chi connectivity index (χ1n) is 4.86. The molecule has 0 atom stereocenters. The number of hydrogen-bond donors (Lipinski definition) is 0. The minimum Gasteiger partial charge on any atom is -0.301 e. The van der Waals surface area contributed by atoms with Crippen LogP contribution >= 0.6 is 11.6 Å². The second kappa shape index (κ2) is 4.41. The van der Waals surface area contributed by atoms with E-state index >= 15 is 0 Å². The third kappa shape index (κ3) is 3.07. The molecule has 3 nitrogen and oxygen atoms in total. The average Bonchev–Trinajstić information content (AvgIpc) is 2.08. The second-order valence-corrected chi connectivity index (χ2v) is 4.82. The van der Waals surface area contributed by atoms with Crippen molar-refractivity contribution in [2.24, 2.45) is 5.41 Å². The zero-order valence-electron chi connectivity index (χ0n) is 8.68. The largest absolute Gasteiger partial charge is 0.301 e. The van der Waals surface area contributed by atoms with Crippen LogP contribution in [0, 0.1) is 5.41 Å². The Hall–Kier alpha value is -0.410. The number of carbonyl (C=O) groups is 2.